The normalized spacial score (nSPS) is 19.6. The minimum Gasteiger partial charge on any atom is -0.779 e. The Labute approximate surface area is 175 Å². The van der Waals surface area contributed by atoms with Gasteiger partial charge in [0.25, 0.3) is 0 Å². The number of carboxylic acids is 2. The van der Waals surface area contributed by atoms with E-state index in [0.29, 0.717) is 0 Å². The van der Waals surface area contributed by atoms with E-state index in [0.717, 1.165) is 0 Å². The molecular weight excluding hydrogens is 446 g/mol. The van der Waals surface area contributed by atoms with Crippen LogP contribution in [0.3, 0.4) is 0 Å². The van der Waals surface area contributed by atoms with E-state index in [1.54, 1.807) is 0 Å². The van der Waals surface area contributed by atoms with Gasteiger partial charge < -0.3 is 69.8 Å². The SMILES string of the molecule is C1C[NH2+]CC[NH2+]1.C1C[NH2+]CC[NH2+]1.O=C([O-])CCP(=O)([O-])O.O=C([O-])CCP(=O)([O-])O. The number of carbonyl (C=O) groups is 2. The van der Waals surface area contributed by atoms with E-state index < -0.39 is 52.3 Å². The van der Waals surface area contributed by atoms with E-state index in [1.165, 1.54) is 52.4 Å². The maximum Gasteiger partial charge on any atom is 0.132 e. The fraction of sp³-hybridized carbons (Fsp3) is 0.857. The molecule has 30 heavy (non-hydrogen) atoms. The Hall–Kier alpha value is -0.920. The molecule has 2 unspecified atom stereocenters. The summed E-state index contributed by atoms with van der Waals surface area (Å²) in [4.78, 5) is 54.7. The number of carboxylic acid groups (broad SMARTS) is 2. The van der Waals surface area contributed by atoms with E-state index in [2.05, 4.69) is 21.3 Å². The summed E-state index contributed by atoms with van der Waals surface area (Å²) in [5.41, 5.74) is 0. The molecule has 0 amide bonds. The van der Waals surface area contributed by atoms with Crippen LogP contribution in [0, 0.1) is 0 Å². The lowest BCUT2D eigenvalue weighted by molar-refractivity contribution is -0.787. The molecule has 2 fully saturated rings. The molecule has 2 atom stereocenters. The molecule has 0 aliphatic carbocycles. The highest BCUT2D eigenvalue weighted by Crippen LogP contribution is 2.29. The smallest absolute Gasteiger partial charge is 0.132 e. The molecule has 0 saturated carbocycles. The van der Waals surface area contributed by atoms with Crippen molar-refractivity contribution < 1.29 is 69.8 Å². The van der Waals surface area contributed by atoms with Crippen molar-refractivity contribution in [2.75, 3.05) is 64.7 Å². The second-order valence-corrected chi connectivity index (χ2v) is 9.87. The van der Waals surface area contributed by atoms with Gasteiger partial charge in [-0.2, -0.15) is 0 Å². The molecule has 0 radical (unpaired) electrons. The average molecular weight is 480 g/mol. The monoisotopic (exact) mass is 480 g/mol. The molecule has 10 N–H and O–H groups in total. The minimum absolute atomic E-state index is 0.655. The van der Waals surface area contributed by atoms with Crippen molar-refractivity contribution in [3.8, 4) is 0 Å². The van der Waals surface area contributed by atoms with E-state index in [4.69, 9.17) is 9.79 Å². The van der Waals surface area contributed by atoms with Gasteiger partial charge in [0.15, 0.2) is 0 Å². The lowest BCUT2D eigenvalue weighted by Gasteiger charge is -2.14. The van der Waals surface area contributed by atoms with Crippen LogP contribution < -0.4 is 41.3 Å². The number of quaternary nitrogens is 4. The maximum atomic E-state index is 9.83. The first-order valence-electron chi connectivity index (χ1n) is 9.55. The highest BCUT2D eigenvalue weighted by molar-refractivity contribution is 7.50. The number of carbonyl (C=O) groups excluding carboxylic acids is 2. The molecule has 16 heteroatoms. The number of aliphatic carboxylic acids is 2. The minimum atomic E-state index is -4.39. The molecule has 0 aromatic rings. The Bertz CT molecular complexity index is 476. The molecule has 14 nitrogen and oxygen atoms in total. The van der Waals surface area contributed by atoms with Gasteiger partial charge in [-0.05, 0) is 12.8 Å². The van der Waals surface area contributed by atoms with Gasteiger partial charge >= 0.3 is 0 Å². The summed E-state index contributed by atoms with van der Waals surface area (Å²) >= 11 is 0. The van der Waals surface area contributed by atoms with Gasteiger partial charge in [0.1, 0.15) is 67.5 Å². The van der Waals surface area contributed by atoms with Crippen LogP contribution in [0.1, 0.15) is 12.8 Å². The van der Waals surface area contributed by atoms with Gasteiger partial charge in [0.2, 0.25) is 0 Å². The summed E-state index contributed by atoms with van der Waals surface area (Å²) in [6, 6.07) is 0. The predicted octanol–water partition coefficient (Wildman–Crippen LogP) is -10.4. The van der Waals surface area contributed by atoms with Crippen LogP contribution in [0.4, 0.5) is 0 Å². The largest absolute Gasteiger partial charge is 0.779 e. The van der Waals surface area contributed by atoms with E-state index in [1.807, 2.05) is 0 Å². The molecule has 2 heterocycles. The molecule has 0 aromatic carbocycles. The molecule has 0 spiro atoms. The van der Waals surface area contributed by atoms with Crippen molar-refractivity contribution in [2.24, 2.45) is 0 Å². The lowest BCUT2D eigenvalue weighted by Crippen LogP contribution is -3.04. The van der Waals surface area contributed by atoms with Crippen molar-refractivity contribution in [3.63, 3.8) is 0 Å². The molecule has 2 rings (SSSR count). The summed E-state index contributed by atoms with van der Waals surface area (Å²) in [6.45, 7) is 10.6. The first-order chi connectivity index (χ1) is 13.8. The Morgan fingerprint density at radius 3 is 0.900 bits per heavy atom. The van der Waals surface area contributed by atoms with Crippen molar-refractivity contribution in [2.45, 2.75) is 12.8 Å². The Morgan fingerprint density at radius 1 is 0.633 bits per heavy atom. The van der Waals surface area contributed by atoms with Crippen molar-refractivity contribution in [1.82, 2.24) is 0 Å². The summed E-state index contributed by atoms with van der Waals surface area (Å²) in [5, 5.41) is 28.6. The summed E-state index contributed by atoms with van der Waals surface area (Å²) < 4.78 is 19.7. The summed E-state index contributed by atoms with van der Waals surface area (Å²) in [5.74, 6) is -2.97. The zero-order valence-corrected chi connectivity index (χ0v) is 18.6. The second-order valence-electron chi connectivity index (χ2n) is 6.43. The number of hydrogen-bond donors (Lipinski definition) is 6. The highest BCUT2D eigenvalue weighted by Gasteiger charge is 2.01. The van der Waals surface area contributed by atoms with Crippen LogP contribution in [-0.4, -0.2) is 86.4 Å². The molecule has 180 valence electrons. The average Bonchev–Trinajstić information content (AvgIpc) is 2.68. The molecule has 2 saturated heterocycles. The number of nitrogens with two attached hydrogens (primary N) is 4. The quantitative estimate of drug-likeness (QED) is 0.195. The van der Waals surface area contributed by atoms with Gasteiger partial charge in [-0.1, -0.05) is 0 Å². The zero-order valence-electron chi connectivity index (χ0n) is 16.8. The Balaban J connectivity index is 0. The number of piperazine rings is 2. The summed E-state index contributed by atoms with van der Waals surface area (Å²) in [7, 11) is -8.78. The van der Waals surface area contributed by atoms with Gasteiger partial charge in [-0.25, -0.2) is 0 Å². The van der Waals surface area contributed by atoms with E-state index >= 15 is 0 Å². The van der Waals surface area contributed by atoms with Crippen LogP contribution in [0.25, 0.3) is 0 Å². The second kappa shape index (κ2) is 18.8. The van der Waals surface area contributed by atoms with Crippen molar-refractivity contribution >= 4 is 27.1 Å². The number of hydrogen-bond acceptors (Lipinski definition) is 8. The van der Waals surface area contributed by atoms with E-state index in [-0.39, 0.29) is 0 Å². The van der Waals surface area contributed by atoms with Crippen molar-refractivity contribution in [1.29, 1.82) is 0 Å². The van der Waals surface area contributed by atoms with Gasteiger partial charge in [-0.3, -0.25) is 0 Å². The Morgan fingerprint density at radius 2 is 0.833 bits per heavy atom. The van der Waals surface area contributed by atoms with Gasteiger partial charge in [-0.15, -0.1) is 0 Å². The highest BCUT2D eigenvalue weighted by atomic mass is 31.2. The number of rotatable bonds is 6. The maximum absolute atomic E-state index is 9.83. The van der Waals surface area contributed by atoms with Crippen LogP contribution >= 0.6 is 15.2 Å². The van der Waals surface area contributed by atoms with Crippen LogP contribution in [0.5, 0.6) is 0 Å². The predicted molar refractivity (Wildman–Crippen MR) is 95.3 cm³/mol. The van der Waals surface area contributed by atoms with Gasteiger partial charge in [0.05, 0.1) is 0 Å². The Kier molecular flexibility index (Phi) is 19.6. The zero-order chi connectivity index (χ0) is 23.5. The standard InChI is InChI=1S/2C4H10N2.2C3H7O5P/c2*1-2-6-4-3-5-1;2*4-3(5)1-2-9(6,7)8/h2*5-6H,1-4H2;2*1-2H2,(H,4,5)(H2,6,7,8). The summed E-state index contributed by atoms with van der Waals surface area (Å²) in [6.07, 6.45) is -2.82. The third kappa shape index (κ3) is 34.6. The topological polar surface area (TPSA) is 267 Å². The van der Waals surface area contributed by atoms with E-state index in [9.17, 15) is 38.7 Å². The first-order valence-corrected chi connectivity index (χ1v) is 13.1. The van der Waals surface area contributed by atoms with Crippen LogP contribution in [0.2, 0.25) is 0 Å². The lowest BCUT2D eigenvalue weighted by atomic mass is 10.4. The fourth-order valence-electron chi connectivity index (χ4n) is 1.99. The molecule has 0 bridgehead atoms. The molecule has 0 aromatic heterocycles. The van der Waals surface area contributed by atoms with Gasteiger partial charge in [0, 0.05) is 24.3 Å². The first kappa shape index (κ1) is 31.3. The molecular formula is C14H34N4O10P2. The molecule has 2 aliphatic rings. The third-order valence-electron chi connectivity index (χ3n) is 3.50. The van der Waals surface area contributed by atoms with Crippen LogP contribution in [0.15, 0.2) is 0 Å². The van der Waals surface area contributed by atoms with Crippen molar-refractivity contribution in [3.05, 3.63) is 0 Å². The fourth-order valence-corrected chi connectivity index (χ4v) is 2.92. The molecule has 2 aliphatic heterocycles. The third-order valence-corrected chi connectivity index (χ3v) is 5.07. The van der Waals surface area contributed by atoms with Crippen LogP contribution in [-0.2, 0) is 18.7 Å².